The van der Waals surface area contributed by atoms with Crippen LogP contribution >= 0.6 is 0 Å². The maximum atomic E-state index is 10.6. The van der Waals surface area contributed by atoms with Crippen LogP contribution in [0.15, 0.2) is 24.4 Å². The summed E-state index contributed by atoms with van der Waals surface area (Å²) in [7, 11) is 0. The van der Waals surface area contributed by atoms with Gasteiger partial charge in [0.05, 0.1) is 13.2 Å². The van der Waals surface area contributed by atoms with Crippen molar-refractivity contribution in [2.75, 3.05) is 31.2 Å². The van der Waals surface area contributed by atoms with Gasteiger partial charge >= 0.3 is 12.1 Å². The van der Waals surface area contributed by atoms with Crippen LogP contribution < -0.4 is 4.90 Å². The third-order valence-electron chi connectivity index (χ3n) is 3.86. The number of carboxylic acids is 1. The van der Waals surface area contributed by atoms with Crippen molar-refractivity contribution in [1.82, 2.24) is 4.98 Å². The predicted octanol–water partition coefficient (Wildman–Crippen LogP) is 2.33. The highest BCUT2D eigenvalue weighted by molar-refractivity contribution is 5.73. The topological polar surface area (TPSA) is 62.7 Å². The molecule has 0 aromatic carbocycles. The average molecular weight is 318 g/mol. The van der Waals surface area contributed by atoms with Crippen LogP contribution in [0.5, 0.6) is 0 Å². The monoisotopic (exact) mass is 318 g/mol. The molecule has 8 heteroatoms. The Balaban J connectivity index is 0.000000217. The summed E-state index contributed by atoms with van der Waals surface area (Å²) in [5.41, 5.74) is 0.519. The van der Waals surface area contributed by atoms with E-state index in [1.807, 2.05) is 12.3 Å². The van der Waals surface area contributed by atoms with E-state index in [0.29, 0.717) is 5.41 Å². The maximum absolute atomic E-state index is 10.6. The van der Waals surface area contributed by atoms with Gasteiger partial charge in [-0.3, -0.25) is 0 Å². The van der Waals surface area contributed by atoms with Crippen LogP contribution in [0.25, 0.3) is 0 Å². The lowest BCUT2D eigenvalue weighted by Crippen LogP contribution is -2.51. The number of rotatable bonds is 1. The van der Waals surface area contributed by atoms with E-state index in [0.717, 1.165) is 32.1 Å². The summed E-state index contributed by atoms with van der Waals surface area (Å²) in [4.78, 5) is 15.7. The zero-order valence-electron chi connectivity index (χ0n) is 11.8. The first-order valence-electron chi connectivity index (χ1n) is 6.86. The number of ether oxygens (including phenoxy) is 1. The molecular weight excluding hydrogens is 301 g/mol. The van der Waals surface area contributed by atoms with Gasteiger partial charge < -0.3 is 14.7 Å². The number of alkyl halides is 3. The van der Waals surface area contributed by atoms with Gasteiger partial charge in [0, 0.05) is 24.7 Å². The van der Waals surface area contributed by atoms with Crippen LogP contribution in [0.1, 0.15) is 12.8 Å². The third-order valence-corrected chi connectivity index (χ3v) is 3.86. The zero-order valence-corrected chi connectivity index (χ0v) is 11.8. The van der Waals surface area contributed by atoms with Crippen LogP contribution in [-0.4, -0.2) is 48.5 Å². The SMILES string of the molecule is O=C(O)C(F)(F)F.c1ccc(N2CCC3(CC2)COC3)nc1. The number of aliphatic carboxylic acids is 1. The molecule has 5 nitrogen and oxygen atoms in total. The predicted molar refractivity (Wildman–Crippen MR) is 72.6 cm³/mol. The highest BCUT2D eigenvalue weighted by Crippen LogP contribution is 2.39. The molecule has 1 N–H and O–H groups in total. The van der Waals surface area contributed by atoms with E-state index in [9.17, 15) is 13.2 Å². The molecule has 122 valence electrons. The van der Waals surface area contributed by atoms with Crippen LogP contribution in [-0.2, 0) is 9.53 Å². The van der Waals surface area contributed by atoms with Crippen molar-refractivity contribution in [3.05, 3.63) is 24.4 Å². The van der Waals surface area contributed by atoms with Crippen molar-refractivity contribution < 1.29 is 27.8 Å². The summed E-state index contributed by atoms with van der Waals surface area (Å²) in [5, 5.41) is 7.12. The molecule has 1 aromatic heterocycles. The molecule has 0 aliphatic carbocycles. The number of carboxylic acid groups (broad SMARTS) is 1. The average Bonchev–Trinajstić information content (AvgIpc) is 2.46. The quantitative estimate of drug-likeness (QED) is 0.861. The molecule has 0 atom stereocenters. The molecule has 2 saturated heterocycles. The van der Waals surface area contributed by atoms with Crippen LogP contribution in [0.4, 0.5) is 19.0 Å². The molecule has 3 heterocycles. The fourth-order valence-corrected chi connectivity index (χ4v) is 2.43. The lowest BCUT2D eigenvalue weighted by molar-refractivity contribution is -0.192. The van der Waals surface area contributed by atoms with Crippen LogP contribution in [0, 0.1) is 5.41 Å². The lowest BCUT2D eigenvalue weighted by atomic mass is 9.77. The first-order valence-corrected chi connectivity index (χ1v) is 6.86. The smallest absolute Gasteiger partial charge is 0.475 e. The second-order valence-corrected chi connectivity index (χ2v) is 5.47. The van der Waals surface area contributed by atoms with Gasteiger partial charge in [-0.15, -0.1) is 0 Å². The number of anilines is 1. The second-order valence-electron chi connectivity index (χ2n) is 5.47. The minimum absolute atomic E-state index is 0.519. The molecule has 1 aromatic rings. The zero-order chi connectivity index (χ0) is 16.2. The Kier molecular flexibility index (Phi) is 4.90. The van der Waals surface area contributed by atoms with Gasteiger partial charge in [-0.2, -0.15) is 13.2 Å². The van der Waals surface area contributed by atoms with Crippen molar-refractivity contribution in [2.24, 2.45) is 5.41 Å². The fourth-order valence-electron chi connectivity index (χ4n) is 2.43. The summed E-state index contributed by atoms with van der Waals surface area (Å²) in [6, 6.07) is 6.11. The number of hydrogen-bond acceptors (Lipinski definition) is 4. The second kappa shape index (κ2) is 6.51. The summed E-state index contributed by atoms with van der Waals surface area (Å²) in [6.07, 6.45) is -0.709. The molecule has 2 fully saturated rings. The number of hydrogen-bond donors (Lipinski definition) is 1. The van der Waals surface area contributed by atoms with Gasteiger partial charge in [0.25, 0.3) is 0 Å². The minimum atomic E-state index is -5.08. The molecule has 0 unspecified atom stereocenters. The molecule has 2 aliphatic heterocycles. The Hall–Kier alpha value is -1.83. The number of nitrogens with zero attached hydrogens (tertiary/aromatic N) is 2. The Morgan fingerprint density at radius 2 is 1.86 bits per heavy atom. The van der Waals surface area contributed by atoms with E-state index in [1.165, 1.54) is 12.8 Å². The van der Waals surface area contributed by atoms with Gasteiger partial charge in [-0.05, 0) is 25.0 Å². The van der Waals surface area contributed by atoms with Gasteiger partial charge in [-0.25, -0.2) is 9.78 Å². The van der Waals surface area contributed by atoms with E-state index in [1.54, 1.807) is 0 Å². The van der Waals surface area contributed by atoms with Gasteiger partial charge in [-0.1, -0.05) is 6.07 Å². The highest BCUT2D eigenvalue weighted by Gasteiger charge is 2.41. The van der Waals surface area contributed by atoms with Crippen LogP contribution in [0.3, 0.4) is 0 Å². The molecule has 0 amide bonds. The van der Waals surface area contributed by atoms with Crippen molar-refractivity contribution in [3.63, 3.8) is 0 Å². The van der Waals surface area contributed by atoms with Crippen molar-refractivity contribution in [3.8, 4) is 0 Å². The Morgan fingerprint density at radius 1 is 1.27 bits per heavy atom. The number of carbonyl (C=O) groups is 1. The Bertz CT molecular complexity index is 494. The minimum Gasteiger partial charge on any atom is -0.475 e. The van der Waals surface area contributed by atoms with E-state index >= 15 is 0 Å². The Morgan fingerprint density at radius 3 is 2.23 bits per heavy atom. The number of aromatic nitrogens is 1. The lowest BCUT2D eigenvalue weighted by Gasteiger charge is -2.47. The number of halogens is 3. The van der Waals surface area contributed by atoms with Crippen molar-refractivity contribution in [1.29, 1.82) is 0 Å². The number of pyridine rings is 1. The summed E-state index contributed by atoms with van der Waals surface area (Å²) < 4.78 is 37.1. The van der Waals surface area contributed by atoms with Gasteiger partial charge in [0.2, 0.25) is 0 Å². The standard InChI is InChI=1S/C12H16N2O.C2HF3O2/c1-2-6-13-11(3-1)14-7-4-12(5-8-14)9-15-10-12;3-2(4,5)1(6)7/h1-3,6H,4-5,7-10H2;(H,6,7). The first kappa shape index (κ1) is 16.5. The molecule has 3 rings (SSSR count). The van der Waals surface area contributed by atoms with E-state index < -0.39 is 12.1 Å². The molecule has 2 aliphatic rings. The third kappa shape index (κ3) is 4.09. The molecule has 22 heavy (non-hydrogen) atoms. The van der Waals surface area contributed by atoms with Crippen LogP contribution in [0.2, 0.25) is 0 Å². The first-order chi connectivity index (χ1) is 10.3. The van der Waals surface area contributed by atoms with Crippen molar-refractivity contribution >= 4 is 11.8 Å². The van der Waals surface area contributed by atoms with E-state index in [2.05, 4.69) is 22.0 Å². The van der Waals surface area contributed by atoms with Gasteiger partial charge in [0.15, 0.2) is 0 Å². The van der Waals surface area contributed by atoms with Crippen molar-refractivity contribution in [2.45, 2.75) is 19.0 Å². The van der Waals surface area contributed by atoms with Gasteiger partial charge in [0.1, 0.15) is 5.82 Å². The largest absolute Gasteiger partial charge is 0.490 e. The molecule has 1 spiro atoms. The molecule has 0 radical (unpaired) electrons. The highest BCUT2D eigenvalue weighted by atomic mass is 19.4. The summed E-state index contributed by atoms with van der Waals surface area (Å²) in [5.74, 6) is -1.64. The molecular formula is C14H17F3N2O3. The normalized spacial score (nSPS) is 19.9. The number of piperidine rings is 1. The maximum Gasteiger partial charge on any atom is 0.490 e. The summed E-state index contributed by atoms with van der Waals surface area (Å²) >= 11 is 0. The summed E-state index contributed by atoms with van der Waals surface area (Å²) in [6.45, 7) is 4.20. The molecule has 0 saturated carbocycles. The molecule has 0 bridgehead atoms. The fraction of sp³-hybridized carbons (Fsp3) is 0.571. The van der Waals surface area contributed by atoms with E-state index in [-0.39, 0.29) is 0 Å². The Labute approximate surface area is 125 Å². The van der Waals surface area contributed by atoms with E-state index in [4.69, 9.17) is 14.6 Å².